The van der Waals surface area contributed by atoms with E-state index in [2.05, 4.69) is 21.2 Å². The number of carboxylic acids is 1. The number of ether oxygens (including phenoxy) is 1. The number of carbonyl (C=O) groups is 2. The van der Waals surface area contributed by atoms with E-state index in [4.69, 9.17) is 9.84 Å². The molecule has 0 fully saturated rings. The molecule has 0 radical (unpaired) electrons. The van der Waals surface area contributed by atoms with Gasteiger partial charge in [0.05, 0.1) is 4.47 Å². The Hall–Kier alpha value is -1.56. The largest absolute Gasteiger partial charge is 0.482 e. The minimum Gasteiger partial charge on any atom is -0.482 e. The molecule has 104 valence electrons. The van der Waals surface area contributed by atoms with Crippen LogP contribution < -0.4 is 10.1 Å². The minimum atomic E-state index is -1.10. The molecule has 1 aromatic carbocycles. The summed E-state index contributed by atoms with van der Waals surface area (Å²) >= 11 is 3.21. The highest BCUT2D eigenvalue weighted by Gasteiger charge is 2.15. The Labute approximate surface area is 120 Å². The Bertz CT molecular complexity index is 474. The van der Waals surface area contributed by atoms with Crippen LogP contribution in [0.25, 0.3) is 0 Å². The van der Waals surface area contributed by atoms with Gasteiger partial charge >= 0.3 is 5.97 Å². The standard InChI is InChI=1S/C13H16BrNO4/c1-8(2)6-15-11(16)7-19-12-9(13(17)18)4-3-5-10(12)14/h3-5,8H,6-7H2,1-2H3,(H,15,16)(H,17,18). The van der Waals surface area contributed by atoms with Crippen LogP contribution in [0.5, 0.6) is 5.75 Å². The van der Waals surface area contributed by atoms with E-state index in [1.54, 1.807) is 12.1 Å². The zero-order chi connectivity index (χ0) is 14.4. The van der Waals surface area contributed by atoms with Crippen LogP contribution in [0.1, 0.15) is 24.2 Å². The van der Waals surface area contributed by atoms with Crippen molar-refractivity contribution in [3.05, 3.63) is 28.2 Å². The fraction of sp³-hybridized carbons (Fsp3) is 0.385. The van der Waals surface area contributed by atoms with E-state index < -0.39 is 5.97 Å². The molecule has 0 saturated carbocycles. The van der Waals surface area contributed by atoms with Crippen LogP contribution in [0, 0.1) is 5.92 Å². The number of nitrogens with one attached hydrogen (secondary N) is 1. The number of halogens is 1. The van der Waals surface area contributed by atoms with Crippen molar-refractivity contribution in [1.29, 1.82) is 0 Å². The normalized spacial score (nSPS) is 10.3. The van der Waals surface area contributed by atoms with E-state index in [9.17, 15) is 9.59 Å². The molecule has 0 aliphatic heterocycles. The summed E-state index contributed by atoms with van der Waals surface area (Å²) in [6.45, 7) is 4.31. The molecule has 0 heterocycles. The second kappa shape index (κ2) is 7.13. The lowest BCUT2D eigenvalue weighted by Crippen LogP contribution is -2.32. The van der Waals surface area contributed by atoms with E-state index in [1.165, 1.54) is 6.07 Å². The lowest BCUT2D eigenvalue weighted by atomic mass is 10.2. The zero-order valence-electron chi connectivity index (χ0n) is 10.8. The van der Waals surface area contributed by atoms with Crippen molar-refractivity contribution in [3.63, 3.8) is 0 Å². The molecule has 0 spiro atoms. The van der Waals surface area contributed by atoms with Crippen LogP contribution in [-0.2, 0) is 4.79 Å². The van der Waals surface area contributed by atoms with Crippen LogP contribution in [0.4, 0.5) is 0 Å². The van der Waals surface area contributed by atoms with Gasteiger partial charge in [-0.2, -0.15) is 0 Å². The zero-order valence-corrected chi connectivity index (χ0v) is 12.4. The lowest BCUT2D eigenvalue weighted by Gasteiger charge is -2.12. The lowest BCUT2D eigenvalue weighted by molar-refractivity contribution is -0.123. The van der Waals surface area contributed by atoms with E-state index in [-0.39, 0.29) is 23.8 Å². The summed E-state index contributed by atoms with van der Waals surface area (Å²) in [5, 5.41) is 11.7. The van der Waals surface area contributed by atoms with Gasteiger partial charge in [0, 0.05) is 6.54 Å². The highest BCUT2D eigenvalue weighted by molar-refractivity contribution is 9.10. The van der Waals surface area contributed by atoms with Crippen molar-refractivity contribution < 1.29 is 19.4 Å². The Morgan fingerprint density at radius 1 is 1.42 bits per heavy atom. The Balaban J connectivity index is 2.67. The molecule has 5 nitrogen and oxygen atoms in total. The van der Waals surface area contributed by atoms with E-state index in [0.29, 0.717) is 16.9 Å². The predicted molar refractivity (Wildman–Crippen MR) is 74.4 cm³/mol. The summed E-state index contributed by atoms with van der Waals surface area (Å²) in [4.78, 5) is 22.5. The van der Waals surface area contributed by atoms with Crippen LogP contribution in [0.2, 0.25) is 0 Å². The number of rotatable bonds is 6. The van der Waals surface area contributed by atoms with Gasteiger partial charge in [-0.3, -0.25) is 4.79 Å². The Morgan fingerprint density at radius 3 is 2.68 bits per heavy atom. The number of benzene rings is 1. The first-order valence-corrected chi connectivity index (χ1v) is 6.62. The monoisotopic (exact) mass is 329 g/mol. The average Bonchev–Trinajstić information content (AvgIpc) is 2.34. The highest BCUT2D eigenvalue weighted by atomic mass is 79.9. The van der Waals surface area contributed by atoms with Crippen molar-refractivity contribution in [2.45, 2.75) is 13.8 Å². The molecule has 0 saturated heterocycles. The van der Waals surface area contributed by atoms with Crippen molar-refractivity contribution >= 4 is 27.8 Å². The molecule has 1 rings (SSSR count). The van der Waals surface area contributed by atoms with Crippen LogP contribution in [-0.4, -0.2) is 30.1 Å². The second-order valence-electron chi connectivity index (χ2n) is 4.41. The predicted octanol–water partition coefficient (Wildman–Crippen LogP) is 2.30. The van der Waals surface area contributed by atoms with Gasteiger partial charge in [0.25, 0.3) is 5.91 Å². The number of aromatic carboxylic acids is 1. The topological polar surface area (TPSA) is 75.6 Å². The van der Waals surface area contributed by atoms with Gasteiger partial charge < -0.3 is 15.2 Å². The molecule has 0 aliphatic carbocycles. The molecule has 0 bridgehead atoms. The third-order valence-electron chi connectivity index (χ3n) is 2.25. The number of carbonyl (C=O) groups excluding carboxylic acids is 1. The second-order valence-corrected chi connectivity index (χ2v) is 5.26. The molecule has 19 heavy (non-hydrogen) atoms. The van der Waals surface area contributed by atoms with Crippen LogP contribution in [0.15, 0.2) is 22.7 Å². The van der Waals surface area contributed by atoms with Gasteiger partial charge in [-0.15, -0.1) is 0 Å². The summed E-state index contributed by atoms with van der Waals surface area (Å²) in [5.41, 5.74) is 0.0195. The van der Waals surface area contributed by atoms with Crippen molar-refractivity contribution in [3.8, 4) is 5.75 Å². The van der Waals surface area contributed by atoms with Gasteiger partial charge in [0.2, 0.25) is 0 Å². The smallest absolute Gasteiger partial charge is 0.339 e. The van der Waals surface area contributed by atoms with E-state index in [0.717, 1.165) is 0 Å². The molecule has 2 N–H and O–H groups in total. The molecule has 1 aromatic rings. The maximum absolute atomic E-state index is 11.5. The van der Waals surface area contributed by atoms with Gasteiger partial charge in [0.15, 0.2) is 6.61 Å². The van der Waals surface area contributed by atoms with Crippen LogP contribution >= 0.6 is 15.9 Å². The minimum absolute atomic E-state index is 0.0195. The Morgan fingerprint density at radius 2 is 2.11 bits per heavy atom. The molecular formula is C13H16BrNO4. The summed E-state index contributed by atoms with van der Waals surface area (Å²) in [6, 6.07) is 4.68. The third-order valence-corrected chi connectivity index (χ3v) is 2.88. The van der Waals surface area contributed by atoms with E-state index in [1.807, 2.05) is 13.8 Å². The van der Waals surface area contributed by atoms with Gasteiger partial charge in [-0.1, -0.05) is 19.9 Å². The van der Waals surface area contributed by atoms with Crippen molar-refractivity contribution in [2.24, 2.45) is 5.92 Å². The molecule has 0 aliphatic rings. The van der Waals surface area contributed by atoms with Crippen molar-refractivity contribution in [2.75, 3.05) is 13.2 Å². The summed E-state index contributed by atoms with van der Waals surface area (Å²) in [6.07, 6.45) is 0. The first-order chi connectivity index (χ1) is 8.91. The first kappa shape index (κ1) is 15.5. The number of hydrogen-bond donors (Lipinski definition) is 2. The van der Waals surface area contributed by atoms with Gasteiger partial charge in [-0.05, 0) is 34.0 Å². The number of hydrogen-bond acceptors (Lipinski definition) is 3. The number of para-hydroxylation sites is 1. The maximum Gasteiger partial charge on any atom is 0.339 e. The van der Waals surface area contributed by atoms with Crippen LogP contribution in [0.3, 0.4) is 0 Å². The quantitative estimate of drug-likeness (QED) is 0.839. The highest BCUT2D eigenvalue weighted by Crippen LogP contribution is 2.28. The molecule has 6 heteroatoms. The fourth-order valence-corrected chi connectivity index (χ4v) is 1.81. The maximum atomic E-state index is 11.5. The Kier molecular flexibility index (Phi) is 5.82. The summed E-state index contributed by atoms with van der Waals surface area (Å²) in [5.74, 6) is -0.864. The van der Waals surface area contributed by atoms with Gasteiger partial charge in [-0.25, -0.2) is 4.79 Å². The molecule has 0 aromatic heterocycles. The molecule has 0 unspecified atom stereocenters. The number of amides is 1. The molecular weight excluding hydrogens is 314 g/mol. The van der Waals surface area contributed by atoms with E-state index >= 15 is 0 Å². The third kappa shape index (κ3) is 4.90. The molecule has 0 atom stereocenters. The van der Waals surface area contributed by atoms with Crippen molar-refractivity contribution in [1.82, 2.24) is 5.32 Å². The number of carboxylic acid groups (broad SMARTS) is 1. The SMILES string of the molecule is CC(C)CNC(=O)COc1c(Br)cccc1C(=O)O. The summed E-state index contributed by atoms with van der Waals surface area (Å²) in [7, 11) is 0. The average molecular weight is 330 g/mol. The fourth-order valence-electron chi connectivity index (χ4n) is 1.33. The first-order valence-electron chi connectivity index (χ1n) is 5.83. The van der Waals surface area contributed by atoms with Gasteiger partial charge in [0.1, 0.15) is 11.3 Å². The molecule has 1 amide bonds. The summed E-state index contributed by atoms with van der Waals surface area (Å²) < 4.78 is 5.79.